The van der Waals surface area contributed by atoms with Crippen molar-refractivity contribution in [2.24, 2.45) is 0 Å². The maximum absolute atomic E-state index is 11.7. The Balaban J connectivity index is 1.73. The lowest BCUT2D eigenvalue weighted by Gasteiger charge is -2.10. The molecule has 2 N–H and O–H groups in total. The van der Waals surface area contributed by atoms with Crippen LogP contribution in [0.15, 0.2) is 42.5 Å². The van der Waals surface area contributed by atoms with Gasteiger partial charge in [-0.3, -0.25) is 0 Å². The molecule has 0 saturated carbocycles. The van der Waals surface area contributed by atoms with Crippen LogP contribution < -0.4 is 15.4 Å². The largest absolute Gasteiger partial charge is 0.490 e. The number of urea groups is 1. The molecule has 0 heterocycles. The van der Waals surface area contributed by atoms with Crippen LogP contribution in [0.3, 0.4) is 0 Å². The Morgan fingerprint density at radius 1 is 1.09 bits per heavy atom. The summed E-state index contributed by atoms with van der Waals surface area (Å²) in [5.74, 6) is 0.627. The normalized spacial score (nSPS) is 10.1. The fraction of sp³-hybridized carbons (Fsp3) is 0.235. The van der Waals surface area contributed by atoms with Gasteiger partial charge in [-0.1, -0.05) is 35.4 Å². The van der Waals surface area contributed by atoms with E-state index in [0.717, 1.165) is 16.8 Å². The first kappa shape index (κ1) is 16.2. The van der Waals surface area contributed by atoms with Gasteiger partial charge in [-0.25, -0.2) is 4.79 Å². The molecule has 0 spiro atoms. The van der Waals surface area contributed by atoms with E-state index in [1.807, 2.05) is 50.2 Å². The van der Waals surface area contributed by atoms with E-state index in [1.165, 1.54) is 0 Å². The van der Waals surface area contributed by atoms with E-state index in [1.54, 1.807) is 6.07 Å². The van der Waals surface area contributed by atoms with Crippen LogP contribution in [0.2, 0.25) is 5.02 Å². The minimum atomic E-state index is -0.261. The SMILES string of the molecule is Cc1ccc(NC(=O)NCCOc2cc(C)ccc2Cl)cc1. The number of carbonyl (C=O) groups is 1. The number of halogens is 1. The molecule has 116 valence electrons. The summed E-state index contributed by atoms with van der Waals surface area (Å²) in [6.45, 7) is 4.71. The van der Waals surface area contributed by atoms with Crippen LogP contribution >= 0.6 is 11.6 Å². The summed E-state index contributed by atoms with van der Waals surface area (Å²) < 4.78 is 5.56. The van der Waals surface area contributed by atoms with Crippen molar-refractivity contribution in [1.82, 2.24) is 5.32 Å². The zero-order valence-corrected chi connectivity index (χ0v) is 13.4. The molecular formula is C17H19ClN2O2. The second-order valence-corrected chi connectivity index (χ2v) is 5.44. The lowest BCUT2D eigenvalue weighted by molar-refractivity contribution is 0.247. The van der Waals surface area contributed by atoms with Gasteiger partial charge in [-0.15, -0.1) is 0 Å². The van der Waals surface area contributed by atoms with Gasteiger partial charge in [0, 0.05) is 5.69 Å². The van der Waals surface area contributed by atoms with Crippen molar-refractivity contribution in [2.75, 3.05) is 18.5 Å². The highest BCUT2D eigenvalue weighted by molar-refractivity contribution is 6.32. The molecule has 0 aliphatic carbocycles. The molecule has 0 aromatic heterocycles. The number of ether oxygens (including phenoxy) is 1. The van der Waals surface area contributed by atoms with Crippen LogP contribution in [0.1, 0.15) is 11.1 Å². The van der Waals surface area contributed by atoms with Gasteiger partial charge in [0.15, 0.2) is 0 Å². The van der Waals surface area contributed by atoms with Crippen molar-refractivity contribution in [3.63, 3.8) is 0 Å². The third-order valence-electron chi connectivity index (χ3n) is 3.04. The number of hydrogen-bond donors (Lipinski definition) is 2. The number of aryl methyl sites for hydroxylation is 2. The molecule has 5 heteroatoms. The molecule has 0 unspecified atom stereocenters. The van der Waals surface area contributed by atoms with Gasteiger partial charge < -0.3 is 15.4 Å². The molecule has 2 amide bonds. The highest BCUT2D eigenvalue weighted by Crippen LogP contribution is 2.24. The Morgan fingerprint density at radius 2 is 1.77 bits per heavy atom. The summed E-state index contributed by atoms with van der Waals surface area (Å²) in [5, 5.41) is 6.05. The number of benzene rings is 2. The van der Waals surface area contributed by atoms with Crippen LogP contribution in [0.5, 0.6) is 5.75 Å². The lowest BCUT2D eigenvalue weighted by atomic mass is 10.2. The Hall–Kier alpha value is -2.20. The number of amides is 2. The Bertz CT molecular complexity index is 642. The third kappa shape index (κ3) is 4.97. The first-order chi connectivity index (χ1) is 10.5. The maximum Gasteiger partial charge on any atom is 0.319 e. The molecule has 0 aliphatic heterocycles. The average Bonchev–Trinajstić information content (AvgIpc) is 2.49. The summed E-state index contributed by atoms with van der Waals surface area (Å²) >= 11 is 6.03. The van der Waals surface area contributed by atoms with Gasteiger partial charge >= 0.3 is 6.03 Å². The third-order valence-corrected chi connectivity index (χ3v) is 3.35. The second-order valence-electron chi connectivity index (χ2n) is 5.03. The lowest BCUT2D eigenvalue weighted by Crippen LogP contribution is -2.32. The molecule has 0 radical (unpaired) electrons. The van der Waals surface area contributed by atoms with Crippen molar-refractivity contribution in [3.8, 4) is 5.75 Å². The van der Waals surface area contributed by atoms with Crippen LogP contribution in [0.4, 0.5) is 10.5 Å². The zero-order chi connectivity index (χ0) is 15.9. The highest BCUT2D eigenvalue weighted by Gasteiger charge is 2.03. The van der Waals surface area contributed by atoms with Crippen LogP contribution in [-0.2, 0) is 0 Å². The fourth-order valence-electron chi connectivity index (χ4n) is 1.86. The van der Waals surface area contributed by atoms with Gasteiger partial charge in [0.2, 0.25) is 0 Å². The summed E-state index contributed by atoms with van der Waals surface area (Å²) in [4.78, 5) is 11.7. The van der Waals surface area contributed by atoms with E-state index in [4.69, 9.17) is 16.3 Å². The molecule has 2 aromatic rings. The van der Waals surface area contributed by atoms with E-state index in [2.05, 4.69) is 10.6 Å². The number of nitrogens with one attached hydrogen (secondary N) is 2. The fourth-order valence-corrected chi connectivity index (χ4v) is 2.03. The maximum atomic E-state index is 11.7. The molecular weight excluding hydrogens is 300 g/mol. The summed E-state index contributed by atoms with van der Waals surface area (Å²) in [6, 6.07) is 12.9. The number of anilines is 1. The minimum Gasteiger partial charge on any atom is -0.490 e. The molecule has 0 atom stereocenters. The molecule has 2 rings (SSSR count). The van der Waals surface area contributed by atoms with Gasteiger partial charge in [0.25, 0.3) is 0 Å². The van der Waals surface area contributed by atoms with E-state index in [9.17, 15) is 4.79 Å². The molecule has 0 bridgehead atoms. The van der Waals surface area contributed by atoms with E-state index >= 15 is 0 Å². The van der Waals surface area contributed by atoms with Gasteiger partial charge in [-0.05, 0) is 43.7 Å². The predicted octanol–water partition coefficient (Wildman–Crippen LogP) is 4.16. The zero-order valence-electron chi connectivity index (χ0n) is 12.7. The van der Waals surface area contributed by atoms with Crippen molar-refractivity contribution >= 4 is 23.3 Å². The van der Waals surface area contributed by atoms with Gasteiger partial charge in [-0.2, -0.15) is 0 Å². The van der Waals surface area contributed by atoms with Gasteiger partial charge in [0.1, 0.15) is 12.4 Å². The highest BCUT2D eigenvalue weighted by atomic mass is 35.5. The van der Waals surface area contributed by atoms with Crippen LogP contribution in [0, 0.1) is 13.8 Å². The molecule has 0 fully saturated rings. The molecule has 22 heavy (non-hydrogen) atoms. The van der Waals surface area contributed by atoms with Gasteiger partial charge in [0.05, 0.1) is 11.6 Å². The van der Waals surface area contributed by atoms with Crippen LogP contribution in [0.25, 0.3) is 0 Å². The second kappa shape index (κ2) is 7.71. The smallest absolute Gasteiger partial charge is 0.319 e. The first-order valence-electron chi connectivity index (χ1n) is 7.05. The quantitative estimate of drug-likeness (QED) is 0.813. The van der Waals surface area contributed by atoms with E-state index in [0.29, 0.717) is 23.9 Å². The van der Waals surface area contributed by atoms with Crippen molar-refractivity contribution in [1.29, 1.82) is 0 Å². The van der Waals surface area contributed by atoms with Crippen molar-refractivity contribution < 1.29 is 9.53 Å². The summed E-state index contributed by atoms with van der Waals surface area (Å²) in [7, 11) is 0. The number of hydrogen-bond acceptors (Lipinski definition) is 2. The molecule has 0 aliphatic rings. The number of carbonyl (C=O) groups excluding carboxylic acids is 1. The molecule has 2 aromatic carbocycles. The monoisotopic (exact) mass is 318 g/mol. The van der Waals surface area contributed by atoms with Crippen LogP contribution in [-0.4, -0.2) is 19.2 Å². The van der Waals surface area contributed by atoms with Crippen molar-refractivity contribution in [2.45, 2.75) is 13.8 Å². The standard InChI is InChI=1S/C17H19ClN2O2/c1-12-3-6-14(7-4-12)20-17(21)19-9-10-22-16-11-13(2)5-8-15(16)18/h3-8,11H,9-10H2,1-2H3,(H2,19,20,21). The minimum absolute atomic E-state index is 0.261. The Kier molecular flexibility index (Phi) is 5.67. The Labute approximate surface area is 135 Å². The van der Waals surface area contributed by atoms with E-state index < -0.39 is 0 Å². The average molecular weight is 319 g/mol. The van der Waals surface area contributed by atoms with E-state index in [-0.39, 0.29) is 6.03 Å². The first-order valence-corrected chi connectivity index (χ1v) is 7.43. The summed E-state index contributed by atoms with van der Waals surface area (Å²) in [6.07, 6.45) is 0. The molecule has 4 nitrogen and oxygen atoms in total. The van der Waals surface area contributed by atoms with Crippen molar-refractivity contribution in [3.05, 3.63) is 58.6 Å². The predicted molar refractivity (Wildman–Crippen MR) is 89.9 cm³/mol. The topological polar surface area (TPSA) is 50.4 Å². The molecule has 0 saturated heterocycles. The number of rotatable bonds is 5. The summed E-state index contributed by atoms with van der Waals surface area (Å²) in [5.41, 5.74) is 2.98. The Morgan fingerprint density at radius 3 is 2.50 bits per heavy atom.